The Hall–Kier alpha value is -3.41. The van der Waals surface area contributed by atoms with Crippen LogP contribution in [-0.4, -0.2) is 59.7 Å². The standard InChI is InChI=1S/C29H35ClN6O4S/c1-17(2)40-25-12-19-16-36(20-8-7-11-31-14-20)28(37)21(19)13-24(25)34-29-32-15-22(30)27(35-29)33-23-9-5-6-10-26(23)41(38,39)18(3)4/h5-6,9-10,12-13,15,17-18,20,31H,7-8,11,14,16H2,1-4H3,(H2,32,33,34,35). The van der Waals surface area contributed by atoms with E-state index in [-0.39, 0.29) is 39.7 Å². The van der Waals surface area contributed by atoms with Crippen LogP contribution < -0.4 is 20.7 Å². The van der Waals surface area contributed by atoms with Crippen molar-refractivity contribution in [3.8, 4) is 5.75 Å². The Balaban J connectivity index is 1.45. The molecule has 1 amide bonds. The maximum absolute atomic E-state index is 13.4. The molecule has 41 heavy (non-hydrogen) atoms. The van der Waals surface area contributed by atoms with Gasteiger partial charge in [0.05, 0.1) is 33.8 Å². The zero-order valence-electron chi connectivity index (χ0n) is 23.6. The SMILES string of the molecule is CC(C)Oc1cc2c(cc1Nc1ncc(Cl)c(Nc3ccccc3S(=O)(=O)C(C)C)n1)C(=O)N(C1CCCNC1)C2. The summed E-state index contributed by atoms with van der Waals surface area (Å²) < 4.78 is 32.0. The van der Waals surface area contributed by atoms with Crippen LogP contribution in [-0.2, 0) is 16.4 Å². The average Bonchev–Trinajstić information content (AvgIpc) is 3.26. The predicted molar refractivity (Wildman–Crippen MR) is 160 cm³/mol. The minimum atomic E-state index is -3.56. The molecule has 0 spiro atoms. The van der Waals surface area contributed by atoms with Gasteiger partial charge in [-0.2, -0.15) is 4.98 Å². The van der Waals surface area contributed by atoms with Gasteiger partial charge in [0.2, 0.25) is 5.95 Å². The number of amides is 1. The molecule has 12 heteroatoms. The van der Waals surface area contributed by atoms with Crippen LogP contribution in [0.2, 0.25) is 5.02 Å². The van der Waals surface area contributed by atoms with Crippen molar-refractivity contribution in [3.63, 3.8) is 0 Å². The van der Waals surface area contributed by atoms with Crippen molar-refractivity contribution in [1.82, 2.24) is 20.2 Å². The second-order valence-electron chi connectivity index (χ2n) is 10.8. The monoisotopic (exact) mass is 598 g/mol. The van der Waals surface area contributed by atoms with Gasteiger partial charge in [0.1, 0.15) is 10.8 Å². The number of carbonyl (C=O) groups is 1. The third kappa shape index (κ3) is 6.12. The lowest BCUT2D eigenvalue weighted by molar-refractivity contribution is 0.0674. The largest absolute Gasteiger partial charge is 0.489 e. The van der Waals surface area contributed by atoms with Gasteiger partial charge in [0.25, 0.3) is 5.91 Å². The number of aromatic nitrogens is 2. The maximum atomic E-state index is 13.4. The Morgan fingerprint density at radius 3 is 2.61 bits per heavy atom. The molecule has 3 aromatic rings. The van der Waals surface area contributed by atoms with Crippen LogP contribution in [0, 0.1) is 0 Å². The van der Waals surface area contributed by atoms with Gasteiger partial charge < -0.3 is 25.6 Å². The molecule has 3 N–H and O–H groups in total. The second-order valence-corrected chi connectivity index (χ2v) is 13.7. The van der Waals surface area contributed by atoms with Crippen molar-refractivity contribution in [2.45, 2.75) is 69.4 Å². The highest BCUT2D eigenvalue weighted by Gasteiger charge is 2.34. The highest BCUT2D eigenvalue weighted by Crippen LogP contribution is 2.37. The third-order valence-electron chi connectivity index (χ3n) is 7.17. The number of anilines is 4. The molecule has 0 radical (unpaired) electrons. The second kappa shape index (κ2) is 11.8. The fraction of sp³-hybridized carbons (Fsp3) is 0.414. The zero-order valence-corrected chi connectivity index (χ0v) is 25.1. The van der Waals surface area contributed by atoms with E-state index in [0.29, 0.717) is 29.2 Å². The smallest absolute Gasteiger partial charge is 0.254 e. The number of ether oxygens (including phenoxy) is 1. The summed E-state index contributed by atoms with van der Waals surface area (Å²) in [5, 5.41) is 9.26. The number of fused-ring (bicyclic) bond motifs is 1. The quantitative estimate of drug-likeness (QED) is 0.301. The number of benzene rings is 2. The van der Waals surface area contributed by atoms with Crippen LogP contribution in [0.1, 0.15) is 56.5 Å². The van der Waals surface area contributed by atoms with E-state index in [2.05, 4.69) is 25.9 Å². The normalized spacial score (nSPS) is 17.2. The molecule has 3 heterocycles. The van der Waals surface area contributed by atoms with Crippen LogP contribution >= 0.6 is 11.6 Å². The predicted octanol–water partition coefficient (Wildman–Crippen LogP) is 5.29. The van der Waals surface area contributed by atoms with Crippen molar-refractivity contribution in [1.29, 1.82) is 0 Å². The van der Waals surface area contributed by atoms with Gasteiger partial charge >= 0.3 is 0 Å². The number of hydrogen-bond donors (Lipinski definition) is 3. The lowest BCUT2D eigenvalue weighted by Crippen LogP contribution is -2.46. The Kier molecular flexibility index (Phi) is 8.40. The number of nitrogens with one attached hydrogen (secondary N) is 3. The molecule has 2 aliphatic rings. The maximum Gasteiger partial charge on any atom is 0.254 e. The molecule has 5 rings (SSSR count). The fourth-order valence-corrected chi connectivity index (χ4v) is 6.38. The molecule has 1 saturated heterocycles. The Morgan fingerprint density at radius 2 is 1.90 bits per heavy atom. The Bertz CT molecular complexity index is 1560. The Labute approximate surface area is 245 Å². The van der Waals surface area contributed by atoms with E-state index in [1.807, 2.05) is 24.8 Å². The number of carbonyl (C=O) groups excluding carboxylic acids is 1. The molecular weight excluding hydrogens is 564 g/mol. The fourth-order valence-electron chi connectivity index (χ4n) is 5.04. The molecular formula is C29H35ClN6O4S. The van der Waals surface area contributed by atoms with Gasteiger partial charge in [0, 0.05) is 24.7 Å². The van der Waals surface area contributed by atoms with Crippen molar-refractivity contribution in [2.24, 2.45) is 0 Å². The van der Waals surface area contributed by atoms with Gasteiger partial charge in [-0.3, -0.25) is 4.79 Å². The highest BCUT2D eigenvalue weighted by atomic mass is 35.5. The highest BCUT2D eigenvalue weighted by molar-refractivity contribution is 7.92. The Morgan fingerprint density at radius 1 is 1.12 bits per heavy atom. The minimum Gasteiger partial charge on any atom is -0.489 e. The van der Waals surface area contributed by atoms with E-state index in [4.69, 9.17) is 16.3 Å². The van der Waals surface area contributed by atoms with Crippen LogP contribution in [0.3, 0.4) is 0 Å². The van der Waals surface area contributed by atoms with Crippen LogP contribution in [0.5, 0.6) is 5.75 Å². The molecule has 0 aliphatic carbocycles. The number of para-hydroxylation sites is 1. The number of sulfone groups is 1. The van der Waals surface area contributed by atoms with E-state index < -0.39 is 15.1 Å². The van der Waals surface area contributed by atoms with Crippen LogP contribution in [0.25, 0.3) is 0 Å². The van der Waals surface area contributed by atoms with Gasteiger partial charge in [0.15, 0.2) is 15.7 Å². The van der Waals surface area contributed by atoms with Crippen molar-refractivity contribution in [3.05, 3.63) is 58.7 Å². The third-order valence-corrected chi connectivity index (χ3v) is 9.66. The summed E-state index contributed by atoms with van der Waals surface area (Å²) in [6.07, 6.45) is 3.34. The lowest BCUT2D eigenvalue weighted by Gasteiger charge is -2.31. The molecule has 2 aliphatic heterocycles. The number of piperidine rings is 1. The topological polar surface area (TPSA) is 126 Å². The average molecular weight is 599 g/mol. The van der Waals surface area contributed by atoms with Crippen LogP contribution in [0.15, 0.2) is 47.5 Å². The first-order valence-corrected chi connectivity index (χ1v) is 15.7. The summed E-state index contributed by atoms with van der Waals surface area (Å²) >= 11 is 6.42. The van der Waals surface area contributed by atoms with Crippen molar-refractivity contribution < 1.29 is 17.9 Å². The number of hydrogen-bond acceptors (Lipinski definition) is 9. The molecule has 10 nitrogen and oxygen atoms in total. The minimum absolute atomic E-state index is 0.00445. The number of halogens is 1. The van der Waals surface area contributed by atoms with Gasteiger partial charge in [-0.05, 0) is 76.9 Å². The molecule has 1 atom stereocenters. The van der Waals surface area contributed by atoms with Gasteiger partial charge in [-0.15, -0.1) is 0 Å². The van der Waals surface area contributed by atoms with Gasteiger partial charge in [-0.1, -0.05) is 23.7 Å². The number of rotatable bonds is 9. The molecule has 218 valence electrons. The number of nitrogens with zero attached hydrogens (tertiary/aromatic N) is 3. The summed E-state index contributed by atoms with van der Waals surface area (Å²) in [4.78, 5) is 24.4. The molecule has 1 fully saturated rings. The lowest BCUT2D eigenvalue weighted by atomic mass is 10.1. The summed E-state index contributed by atoms with van der Waals surface area (Å²) in [6, 6.07) is 10.5. The van der Waals surface area contributed by atoms with E-state index in [1.165, 1.54) is 6.20 Å². The molecule has 0 bridgehead atoms. The van der Waals surface area contributed by atoms with Crippen molar-refractivity contribution >= 4 is 50.5 Å². The van der Waals surface area contributed by atoms with Gasteiger partial charge in [-0.25, -0.2) is 13.4 Å². The summed E-state index contributed by atoms with van der Waals surface area (Å²) in [7, 11) is -3.56. The first-order chi connectivity index (χ1) is 19.5. The van der Waals surface area contributed by atoms with Crippen molar-refractivity contribution in [2.75, 3.05) is 23.7 Å². The van der Waals surface area contributed by atoms with E-state index in [1.54, 1.807) is 44.2 Å². The summed E-state index contributed by atoms with van der Waals surface area (Å²) in [6.45, 7) is 9.44. The molecule has 1 unspecified atom stereocenters. The summed E-state index contributed by atoms with van der Waals surface area (Å²) in [5.41, 5.74) is 2.45. The molecule has 1 aromatic heterocycles. The van der Waals surface area contributed by atoms with E-state index in [0.717, 1.165) is 31.5 Å². The van der Waals surface area contributed by atoms with Crippen LogP contribution in [0.4, 0.5) is 23.1 Å². The van der Waals surface area contributed by atoms with E-state index in [9.17, 15) is 13.2 Å². The summed E-state index contributed by atoms with van der Waals surface area (Å²) in [5.74, 6) is 1.01. The first-order valence-electron chi connectivity index (χ1n) is 13.8. The molecule has 0 saturated carbocycles. The van der Waals surface area contributed by atoms with E-state index >= 15 is 0 Å². The zero-order chi connectivity index (χ0) is 29.3. The molecule has 2 aromatic carbocycles. The first kappa shape index (κ1) is 29.1.